The average Bonchev–Trinajstić information content (AvgIpc) is 3.20. The number of rotatable bonds is 10. The summed E-state index contributed by atoms with van der Waals surface area (Å²) < 4.78 is 21.2. The number of nitrogens with zero attached hydrogens (tertiary/aromatic N) is 3. The molecule has 2 heterocycles. The second kappa shape index (κ2) is 11.5. The summed E-state index contributed by atoms with van der Waals surface area (Å²) in [6.07, 6.45) is 7.52. The largest absolute Gasteiger partial charge is 1.00 e. The van der Waals surface area contributed by atoms with Crippen LogP contribution in [0.15, 0.2) is 11.0 Å². The van der Waals surface area contributed by atoms with E-state index in [1.807, 2.05) is 0 Å². The van der Waals surface area contributed by atoms with E-state index in [-0.39, 0.29) is 66.3 Å². The van der Waals surface area contributed by atoms with E-state index in [4.69, 9.17) is 9.84 Å². The third-order valence-electron chi connectivity index (χ3n) is 8.17. The minimum Gasteiger partial charge on any atom is -1.00 e. The number of aromatic nitrogens is 3. The zero-order valence-corrected chi connectivity index (χ0v) is 24.0. The number of hydrogen-bond donors (Lipinski definition) is 2. The van der Waals surface area contributed by atoms with Crippen molar-refractivity contribution in [1.29, 1.82) is 0 Å². The van der Waals surface area contributed by atoms with Gasteiger partial charge in [-0.1, -0.05) is 0 Å². The van der Waals surface area contributed by atoms with Crippen molar-refractivity contribution in [2.24, 2.45) is 24.8 Å². The number of aryl methyl sites for hydroxylation is 2. The van der Waals surface area contributed by atoms with Crippen molar-refractivity contribution in [3.05, 3.63) is 22.1 Å². The van der Waals surface area contributed by atoms with E-state index < -0.39 is 42.9 Å². The fraction of sp³-hybridized carbons (Fsp3) is 0.654. The van der Waals surface area contributed by atoms with Gasteiger partial charge in [0.2, 0.25) is 0 Å². The van der Waals surface area contributed by atoms with Gasteiger partial charge in [-0.05, 0) is 69.1 Å². The first-order chi connectivity index (χ1) is 17.7. The molecule has 0 spiro atoms. The first-order valence-corrected chi connectivity index (χ1v) is 13.1. The molecule has 0 aliphatic heterocycles. The van der Waals surface area contributed by atoms with Gasteiger partial charge in [0.1, 0.15) is 5.56 Å². The number of aliphatic carboxylic acids is 1. The number of carboxylic acid groups (broad SMARTS) is 1. The van der Waals surface area contributed by atoms with Gasteiger partial charge in [-0.2, -0.15) is 5.10 Å². The van der Waals surface area contributed by atoms with Gasteiger partial charge in [0.05, 0.1) is 25.0 Å². The number of esters is 1. The molecule has 2 aromatic rings. The van der Waals surface area contributed by atoms with Crippen LogP contribution in [0.25, 0.3) is 11.0 Å². The molecular formula is C26H34FN4NaO6. The van der Waals surface area contributed by atoms with Crippen LogP contribution in [-0.2, 0) is 23.2 Å². The second-order valence-electron chi connectivity index (χ2n) is 11.1. The molecule has 0 saturated heterocycles. The van der Waals surface area contributed by atoms with Crippen LogP contribution in [0.2, 0.25) is 0 Å². The summed E-state index contributed by atoms with van der Waals surface area (Å²) in [6.45, 7) is -0.348. The zero-order chi connectivity index (χ0) is 26.3. The number of carboxylic acids is 1. The van der Waals surface area contributed by atoms with Crippen LogP contribution in [0.1, 0.15) is 76.0 Å². The van der Waals surface area contributed by atoms with Crippen molar-refractivity contribution in [2.45, 2.75) is 76.3 Å². The second-order valence-corrected chi connectivity index (χ2v) is 11.1. The number of carbonyl (C=O) groups is 3. The smallest absolute Gasteiger partial charge is 1.00 e. The monoisotopic (exact) mass is 540 g/mol. The van der Waals surface area contributed by atoms with Gasteiger partial charge in [-0.25, -0.2) is 0 Å². The van der Waals surface area contributed by atoms with E-state index in [1.54, 1.807) is 13.2 Å². The molecule has 4 bridgehead atoms. The van der Waals surface area contributed by atoms with Crippen molar-refractivity contribution in [3.8, 4) is 5.75 Å². The number of alkyl halides is 1. The summed E-state index contributed by atoms with van der Waals surface area (Å²) in [5, 5.41) is 16.5. The molecule has 2 aromatic heterocycles. The molecular weight excluding hydrogens is 506 g/mol. The summed E-state index contributed by atoms with van der Waals surface area (Å²) in [4.78, 5) is 51.1. The van der Waals surface area contributed by atoms with Gasteiger partial charge in [0, 0.05) is 25.3 Å². The number of pyridine rings is 1. The Kier molecular flexibility index (Phi) is 8.68. The normalized spacial score (nSPS) is 25.3. The van der Waals surface area contributed by atoms with Crippen LogP contribution in [-0.4, -0.2) is 49.5 Å². The molecule has 4 aliphatic carbocycles. The fourth-order valence-electron chi connectivity index (χ4n) is 7.12. The number of unbranched alkanes of at least 4 members (excludes halogenated alkanes) is 1. The molecule has 10 nitrogen and oxygen atoms in total. The van der Waals surface area contributed by atoms with E-state index >= 15 is 0 Å². The molecule has 4 fully saturated rings. The maximum Gasteiger partial charge on any atom is 1.00 e. The Morgan fingerprint density at radius 1 is 1.16 bits per heavy atom. The summed E-state index contributed by atoms with van der Waals surface area (Å²) >= 11 is 0. The van der Waals surface area contributed by atoms with Gasteiger partial charge in [-0.15, -0.1) is 0 Å². The van der Waals surface area contributed by atoms with Crippen LogP contribution in [0.3, 0.4) is 0 Å². The molecule has 202 valence electrons. The molecule has 1 amide bonds. The first kappa shape index (κ1) is 28.8. The number of fused-ring (bicyclic) bond motifs is 1. The van der Waals surface area contributed by atoms with Crippen molar-refractivity contribution < 1.29 is 59.6 Å². The number of amides is 1. The van der Waals surface area contributed by atoms with Crippen molar-refractivity contribution in [3.63, 3.8) is 0 Å². The van der Waals surface area contributed by atoms with Crippen molar-refractivity contribution in [2.75, 3.05) is 6.67 Å². The molecule has 0 unspecified atom stereocenters. The number of carbonyl (C=O) groups excluding carboxylic acids is 2. The Labute approximate surface area is 243 Å². The number of halogens is 1. The Hall–Kier alpha value is -2.24. The van der Waals surface area contributed by atoms with E-state index in [0.29, 0.717) is 29.7 Å². The predicted octanol–water partition coefficient (Wildman–Crippen LogP) is 0.0700. The van der Waals surface area contributed by atoms with Crippen LogP contribution in [0.5, 0.6) is 5.75 Å². The topological polar surface area (TPSA) is 133 Å². The van der Waals surface area contributed by atoms with Crippen LogP contribution in [0.4, 0.5) is 4.39 Å². The van der Waals surface area contributed by atoms with Gasteiger partial charge < -0.3 is 21.2 Å². The van der Waals surface area contributed by atoms with Crippen LogP contribution >= 0.6 is 0 Å². The van der Waals surface area contributed by atoms with Crippen LogP contribution < -0.4 is 45.2 Å². The molecule has 38 heavy (non-hydrogen) atoms. The Morgan fingerprint density at radius 2 is 1.79 bits per heavy atom. The molecule has 0 radical (unpaired) electrons. The maximum atomic E-state index is 13.8. The number of hydrogen-bond acceptors (Lipinski definition) is 6. The van der Waals surface area contributed by atoms with Crippen molar-refractivity contribution in [1.82, 2.24) is 19.7 Å². The van der Waals surface area contributed by atoms with Gasteiger partial charge >= 0.3 is 41.5 Å². The minimum absolute atomic E-state index is 0. The summed E-state index contributed by atoms with van der Waals surface area (Å²) in [5.41, 5.74) is -0.824. The average molecular weight is 541 g/mol. The molecule has 4 saturated carbocycles. The Bertz CT molecular complexity index is 1280. The predicted molar refractivity (Wildman–Crippen MR) is 132 cm³/mol. The summed E-state index contributed by atoms with van der Waals surface area (Å²) in [7, 11) is 1.64. The van der Waals surface area contributed by atoms with Gasteiger partial charge in [-0.3, -0.25) is 28.3 Å². The molecule has 0 aromatic carbocycles. The number of nitrogens with one attached hydrogen (secondary N) is 1. The van der Waals surface area contributed by atoms with E-state index in [0.717, 1.165) is 19.3 Å². The zero-order valence-electron chi connectivity index (χ0n) is 23.0. The van der Waals surface area contributed by atoms with Gasteiger partial charge in [0.15, 0.2) is 11.3 Å². The molecule has 6 rings (SSSR count). The SMILES string of the molecule is Cn1cc2c(n1)c(OC(=O)CCC(=O)O)c(C(=O)NC13CC4CC(CC(C4)C1)C3)c(=O)n2CCCCF.[H-].[Na+]. The molecule has 12 heteroatoms. The third kappa shape index (κ3) is 5.70. The summed E-state index contributed by atoms with van der Waals surface area (Å²) in [6, 6.07) is 0. The van der Waals surface area contributed by atoms with E-state index in [2.05, 4.69) is 10.4 Å². The fourth-order valence-corrected chi connectivity index (χ4v) is 7.12. The number of ether oxygens (including phenoxy) is 1. The standard InChI is InChI=1S/C26H33FN4O6.Na.H/c1-30-14-18-22(29-30)23(37-20(34)5-4-19(32)33)21(25(36)31(18)7-3-2-6-27)24(35)28-26-11-15-8-16(12-26)10-17(9-15)13-26;;/h14-17H,2-13H2,1H3,(H,28,35)(H,32,33);;/q;+1;-1. The van der Waals surface area contributed by atoms with Crippen LogP contribution in [0, 0.1) is 17.8 Å². The van der Waals surface area contributed by atoms with Gasteiger partial charge in [0.25, 0.3) is 11.5 Å². The van der Waals surface area contributed by atoms with E-state index in [9.17, 15) is 23.6 Å². The first-order valence-electron chi connectivity index (χ1n) is 13.1. The Morgan fingerprint density at radius 3 is 2.37 bits per heavy atom. The quantitative estimate of drug-likeness (QED) is 0.248. The van der Waals surface area contributed by atoms with E-state index in [1.165, 1.54) is 28.5 Å². The summed E-state index contributed by atoms with van der Waals surface area (Å²) in [5.74, 6) is -1.20. The molecule has 0 atom stereocenters. The van der Waals surface area contributed by atoms with Crippen molar-refractivity contribution >= 4 is 28.9 Å². The maximum absolute atomic E-state index is 13.8. The third-order valence-corrected chi connectivity index (χ3v) is 8.17. The minimum atomic E-state index is -1.16. The molecule has 2 N–H and O–H groups in total. The molecule has 4 aliphatic rings. The Balaban J connectivity index is 0.00000210.